The van der Waals surface area contributed by atoms with Crippen LogP contribution in [0.15, 0.2) is 76.8 Å². The van der Waals surface area contributed by atoms with Gasteiger partial charge < -0.3 is 29.5 Å². The standard InChI is InChI=1S/C40H42FN3O7/c1-22(2)15-16-42-29-19-28(41)26-17-25-18-27-33(44(3)4)36-32(39(43-51-36)50-21-24-13-9-6-10-14-24)38(47)40(27,48)37(46)30(25)34(45)31(26)35(29)49-20-23-11-7-5-8-12-23/h5-14,19,22,25,27,33,42,45,48H,15-18,20-21H2,1-4H3/t25-,27-,33-,40-/m0/s1. The van der Waals surface area contributed by atoms with Crippen LogP contribution in [0.4, 0.5) is 10.1 Å². The first-order chi connectivity index (χ1) is 24.5. The molecule has 4 aromatic rings. The zero-order valence-electron chi connectivity index (χ0n) is 29.1. The summed E-state index contributed by atoms with van der Waals surface area (Å²) in [6, 6.07) is 19.3. The minimum absolute atomic E-state index is 0.0459. The molecule has 3 aromatic carbocycles. The van der Waals surface area contributed by atoms with E-state index in [0.29, 0.717) is 18.2 Å². The van der Waals surface area contributed by atoms with Gasteiger partial charge in [0.05, 0.1) is 17.3 Å². The highest BCUT2D eigenvalue weighted by Crippen LogP contribution is 2.56. The zero-order chi connectivity index (χ0) is 36.0. The lowest BCUT2D eigenvalue weighted by molar-refractivity contribution is -0.142. The molecule has 0 radical (unpaired) electrons. The Bertz CT molecular complexity index is 1990. The summed E-state index contributed by atoms with van der Waals surface area (Å²) < 4.78 is 34.1. The second-order valence-electron chi connectivity index (χ2n) is 14.3. The summed E-state index contributed by atoms with van der Waals surface area (Å²) in [5.74, 6) is -3.93. The van der Waals surface area contributed by atoms with Crippen molar-refractivity contribution in [2.24, 2.45) is 17.8 Å². The van der Waals surface area contributed by atoms with E-state index in [2.05, 4.69) is 24.3 Å². The first-order valence-corrected chi connectivity index (χ1v) is 17.3. The molecule has 266 valence electrons. The van der Waals surface area contributed by atoms with E-state index in [0.717, 1.165) is 17.5 Å². The Labute approximate surface area is 295 Å². The topological polar surface area (TPSA) is 134 Å². The molecule has 0 unspecified atom stereocenters. The van der Waals surface area contributed by atoms with Gasteiger partial charge in [0.2, 0.25) is 11.6 Å². The molecule has 3 aliphatic carbocycles. The summed E-state index contributed by atoms with van der Waals surface area (Å²) in [5.41, 5.74) is -0.546. The monoisotopic (exact) mass is 695 g/mol. The van der Waals surface area contributed by atoms with Crippen LogP contribution in [0.1, 0.15) is 71.1 Å². The van der Waals surface area contributed by atoms with E-state index in [9.17, 15) is 19.8 Å². The number of anilines is 1. The largest absolute Gasteiger partial charge is 0.507 e. The number of benzene rings is 3. The highest BCUT2D eigenvalue weighted by atomic mass is 19.1. The summed E-state index contributed by atoms with van der Waals surface area (Å²) >= 11 is 0. The van der Waals surface area contributed by atoms with Gasteiger partial charge in [-0.25, -0.2) is 4.39 Å². The molecule has 1 heterocycles. The van der Waals surface area contributed by atoms with Crippen molar-refractivity contribution < 1.29 is 38.2 Å². The van der Waals surface area contributed by atoms with Gasteiger partial charge in [-0.2, -0.15) is 0 Å². The van der Waals surface area contributed by atoms with Crippen molar-refractivity contribution in [3.8, 4) is 11.6 Å². The van der Waals surface area contributed by atoms with Crippen molar-refractivity contribution in [3.05, 3.63) is 112 Å². The van der Waals surface area contributed by atoms with Crippen LogP contribution in [-0.4, -0.2) is 58.1 Å². The van der Waals surface area contributed by atoms with Crippen LogP contribution >= 0.6 is 0 Å². The second kappa shape index (κ2) is 13.6. The molecule has 1 fully saturated rings. The number of aliphatic hydroxyl groups is 2. The Hall–Kier alpha value is -5.00. The summed E-state index contributed by atoms with van der Waals surface area (Å²) in [4.78, 5) is 30.9. The molecule has 0 aliphatic heterocycles. The summed E-state index contributed by atoms with van der Waals surface area (Å²) in [7, 11) is 3.51. The van der Waals surface area contributed by atoms with E-state index >= 15 is 4.39 Å². The Morgan fingerprint density at radius 2 is 1.65 bits per heavy atom. The third kappa shape index (κ3) is 5.98. The minimum Gasteiger partial charge on any atom is -0.507 e. The van der Waals surface area contributed by atoms with Crippen molar-refractivity contribution in [1.29, 1.82) is 0 Å². The third-order valence-electron chi connectivity index (χ3n) is 10.3. The highest BCUT2D eigenvalue weighted by molar-refractivity contribution is 6.26. The molecular formula is C40H42FN3O7. The maximum atomic E-state index is 16.1. The van der Waals surface area contributed by atoms with E-state index in [-0.39, 0.29) is 65.7 Å². The molecule has 10 nitrogen and oxygen atoms in total. The molecule has 11 heteroatoms. The number of ketones is 2. The van der Waals surface area contributed by atoms with Gasteiger partial charge in [-0.15, -0.1) is 0 Å². The summed E-state index contributed by atoms with van der Waals surface area (Å²) in [6.45, 7) is 4.88. The Morgan fingerprint density at radius 3 is 2.27 bits per heavy atom. The van der Waals surface area contributed by atoms with Crippen molar-refractivity contribution in [1.82, 2.24) is 10.1 Å². The number of hydrogen-bond donors (Lipinski definition) is 3. The Balaban J connectivity index is 1.31. The molecule has 7 rings (SSSR count). The lowest BCUT2D eigenvalue weighted by Crippen LogP contribution is -2.63. The average Bonchev–Trinajstić information content (AvgIpc) is 3.53. The number of carbonyl (C=O) groups is 2. The van der Waals surface area contributed by atoms with E-state index < -0.39 is 46.6 Å². The van der Waals surface area contributed by atoms with Crippen molar-refractivity contribution in [2.45, 2.75) is 58.0 Å². The number of ether oxygens (including phenoxy) is 2. The van der Waals surface area contributed by atoms with Crippen LogP contribution in [0.3, 0.4) is 0 Å². The normalized spacial score (nSPS) is 22.4. The number of hydrogen-bond acceptors (Lipinski definition) is 10. The average molecular weight is 696 g/mol. The first-order valence-electron chi connectivity index (χ1n) is 17.3. The van der Waals surface area contributed by atoms with E-state index in [1.54, 1.807) is 19.0 Å². The van der Waals surface area contributed by atoms with Crippen LogP contribution < -0.4 is 14.8 Å². The molecule has 0 spiro atoms. The van der Waals surface area contributed by atoms with Crippen molar-refractivity contribution >= 4 is 23.0 Å². The fourth-order valence-corrected chi connectivity index (χ4v) is 7.77. The third-order valence-corrected chi connectivity index (χ3v) is 10.3. The van der Waals surface area contributed by atoms with Crippen LogP contribution in [0.25, 0.3) is 5.76 Å². The van der Waals surface area contributed by atoms with Gasteiger partial charge in [0.25, 0.3) is 5.88 Å². The van der Waals surface area contributed by atoms with Gasteiger partial charge >= 0.3 is 0 Å². The smallest absolute Gasteiger partial charge is 0.265 e. The number of Topliss-reactive ketones (excluding diaryl/α,β-unsaturated/α-hetero) is 2. The number of fused-ring (bicyclic) bond motifs is 4. The van der Waals surface area contributed by atoms with E-state index in [1.165, 1.54) is 6.07 Å². The molecule has 51 heavy (non-hydrogen) atoms. The second-order valence-corrected chi connectivity index (χ2v) is 14.3. The maximum Gasteiger partial charge on any atom is 0.265 e. The molecule has 4 atom stereocenters. The molecule has 0 amide bonds. The molecule has 3 N–H and O–H groups in total. The van der Waals surface area contributed by atoms with Crippen molar-refractivity contribution in [2.75, 3.05) is 26.0 Å². The van der Waals surface area contributed by atoms with E-state index in [4.69, 9.17) is 14.0 Å². The minimum atomic E-state index is -2.58. The van der Waals surface area contributed by atoms with Crippen molar-refractivity contribution in [3.63, 3.8) is 0 Å². The van der Waals surface area contributed by atoms with Gasteiger partial charge in [0.15, 0.2) is 17.1 Å². The lowest BCUT2D eigenvalue weighted by Gasteiger charge is -2.49. The molecule has 0 bridgehead atoms. The van der Waals surface area contributed by atoms with E-state index in [1.807, 2.05) is 60.7 Å². The van der Waals surface area contributed by atoms with Crippen LogP contribution in [0.2, 0.25) is 0 Å². The number of nitrogens with zero attached hydrogens (tertiary/aromatic N) is 2. The number of aliphatic hydroxyl groups excluding tert-OH is 1. The van der Waals surface area contributed by atoms with Gasteiger partial charge in [-0.05, 0) is 61.5 Å². The summed E-state index contributed by atoms with van der Waals surface area (Å²) in [6.07, 6.45) is 0.940. The number of carbonyl (C=O) groups excluding carboxylic acids is 2. The number of rotatable bonds is 11. The van der Waals surface area contributed by atoms with Gasteiger partial charge in [-0.3, -0.25) is 14.5 Å². The predicted octanol–water partition coefficient (Wildman–Crippen LogP) is 6.69. The Morgan fingerprint density at radius 1 is 1.00 bits per heavy atom. The van der Waals surface area contributed by atoms with Gasteiger partial charge in [0.1, 0.15) is 30.4 Å². The number of halogens is 1. The quantitative estimate of drug-likeness (QED) is 0.146. The molecule has 3 aliphatic rings. The van der Waals surface area contributed by atoms with Gasteiger partial charge in [-0.1, -0.05) is 74.5 Å². The molecular weight excluding hydrogens is 653 g/mol. The Kier molecular flexibility index (Phi) is 9.19. The van der Waals surface area contributed by atoms with Crippen LogP contribution in [-0.2, 0) is 24.4 Å². The van der Waals surface area contributed by atoms with Crippen LogP contribution in [0.5, 0.6) is 11.6 Å². The molecule has 1 aromatic heterocycles. The molecule has 1 saturated carbocycles. The van der Waals surface area contributed by atoms with Gasteiger partial charge in [0, 0.05) is 29.7 Å². The maximum absolute atomic E-state index is 16.1. The fraction of sp³-hybridized carbons (Fsp3) is 0.375. The predicted molar refractivity (Wildman–Crippen MR) is 188 cm³/mol. The first kappa shape index (κ1) is 34.4. The highest BCUT2D eigenvalue weighted by Gasteiger charge is 2.65. The zero-order valence-corrected chi connectivity index (χ0v) is 29.1. The SMILES string of the molecule is CC(C)CCNc1cc(F)c2c(c1OCc1ccccc1)C(O)=C1C(=O)[C@]3(O)C(=O)c4c(OCc5ccccc5)noc4[C@@H](N(C)C)[C@@H]3C[C@@H]1C2. The van der Waals surface area contributed by atoms with Crippen LogP contribution in [0, 0.1) is 23.6 Å². The fourth-order valence-electron chi connectivity index (χ4n) is 7.77. The molecule has 0 saturated heterocycles. The lowest BCUT2D eigenvalue weighted by atomic mass is 9.57. The summed E-state index contributed by atoms with van der Waals surface area (Å²) in [5, 5.41) is 31.8. The number of nitrogens with one attached hydrogen (secondary N) is 1. The number of aromatic nitrogens is 1.